The summed E-state index contributed by atoms with van der Waals surface area (Å²) in [5, 5.41) is 8.78. The quantitative estimate of drug-likeness (QED) is 0.771. The second-order valence-corrected chi connectivity index (χ2v) is 5.80. The molecule has 0 saturated heterocycles. The highest BCUT2D eigenvalue weighted by atomic mass is 19.1. The van der Waals surface area contributed by atoms with Crippen LogP contribution in [0, 0.1) is 12.9 Å². The number of aryl methyl sites for hydroxylation is 1. The average Bonchev–Trinajstić information content (AvgIpc) is 2.88. The fraction of sp³-hybridized carbons (Fsp3) is 0.444. The number of para-hydroxylation sites is 1. The monoisotopic (exact) mass is 317 g/mol. The van der Waals surface area contributed by atoms with Crippen LogP contribution in [0.5, 0.6) is 0 Å². The van der Waals surface area contributed by atoms with E-state index in [1.165, 1.54) is 0 Å². The summed E-state index contributed by atoms with van der Waals surface area (Å²) in [7, 11) is 0. The van der Waals surface area contributed by atoms with Crippen molar-refractivity contribution in [2.24, 2.45) is 0 Å². The number of hydrogen-bond acceptors (Lipinski definition) is 2. The summed E-state index contributed by atoms with van der Waals surface area (Å²) in [4.78, 5) is 12.4. The van der Waals surface area contributed by atoms with Crippen LogP contribution < -0.4 is 5.32 Å². The molecule has 1 amide bonds. The highest BCUT2D eigenvalue weighted by Gasteiger charge is 2.20. The van der Waals surface area contributed by atoms with Gasteiger partial charge < -0.3 is 5.32 Å². The zero-order chi connectivity index (χ0) is 16.8. The van der Waals surface area contributed by atoms with Crippen LogP contribution in [-0.4, -0.2) is 16.1 Å². The molecule has 2 N–H and O–H groups in total. The molecule has 0 saturated carbocycles. The minimum atomic E-state index is -0.768. The molecule has 0 bridgehead atoms. The lowest BCUT2D eigenvalue weighted by Gasteiger charge is -2.19. The SMILES string of the molecule is CCCCC(CC)c1ccccc1NC(=O)c1c(F)n[nH]c1C. The molecule has 0 aliphatic rings. The number of carbonyl (C=O) groups excluding carboxylic acids is 1. The molecule has 23 heavy (non-hydrogen) atoms. The van der Waals surface area contributed by atoms with Crippen molar-refractivity contribution in [3.63, 3.8) is 0 Å². The number of aromatic amines is 1. The van der Waals surface area contributed by atoms with E-state index in [1.54, 1.807) is 6.92 Å². The maximum absolute atomic E-state index is 13.7. The number of nitrogens with one attached hydrogen (secondary N) is 2. The van der Waals surface area contributed by atoms with Crippen molar-refractivity contribution in [3.05, 3.63) is 47.0 Å². The minimum Gasteiger partial charge on any atom is -0.322 e. The van der Waals surface area contributed by atoms with Crippen LogP contribution in [0.3, 0.4) is 0 Å². The standard InChI is InChI=1S/C18H24FN3O/c1-4-6-9-13(5-2)14-10-7-8-11-15(14)20-18(23)16-12(3)21-22-17(16)19/h7-8,10-11,13H,4-6,9H2,1-3H3,(H,20,23)(H,21,22). The maximum atomic E-state index is 13.7. The normalized spacial score (nSPS) is 12.2. The van der Waals surface area contributed by atoms with Gasteiger partial charge in [-0.3, -0.25) is 9.89 Å². The molecule has 1 unspecified atom stereocenters. The summed E-state index contributed by atoms with van der Waals surface area (Å²) in [5.74, 6) is -0.844. The van der Waals surface area contributed by atoms with Crippen molar-refractivity contribution in [2.45, 2.75) is 52.4 Å². The Morgan fingerprint density at radius 1 is 1.35 bits per heavy atom. The van der Waals surface area contributed by atoms with Gasteiger partial charge in [0.25, 0.3) is 5.91 Å². The van der Waals surface area contributed by atoms with Crippen LogP contribution in [0.4, 0.5) is 10.1 Å². The molecule has 0 spiro atoms. The van der Waals surface area contributed by atoms with E-state index in [-0.39, 0.29) is 5.56 Å². The Bertz CT molecular complexity index is 647. The first kappa shape index (κ1) is 17.2. The van der Waals surface area contributed by atoms with Gasteiger partial charge in [0.15, 0.2) is 0 Å². The fourth-order valence-electron chi connectivity index (χ4n) is 2.85. The Kier molecular flexibility index (Phi) is 5.90. The molecule has 0 fully saturated rings. The van der Waals surface area contributed by atoms with E-state index in [1.807, 2.05) is 24.3 Å². The third-order valence-electron chi connectivity index (χ3n) is 4.18. The second-order valence-electron chi connectivity index (χ2n) is 5.80. The summed E-state index contributed by atoms with van der Waals surface area (Å²) in [6.07, 6.45) is 4.38. The topological polar surface area (TPSA) is 57.8 Å². The van der Waals surface area contributed by atoms with Crippen LogP contribution in [0.1, 0.15) is 67.1 Å². The molecule has 0 aliphatic heterocycles. The van der Waals surface area contributed by atoms with E-state index in [4.69, 9.17) is 0 Å². The van der Waals surface area contributed by atoms with Gasteiger partial charge in [0.1, 0.15) is 5.56 Å². The van der Waals surface area contributed by atoms with E-state index in [0.29, 0.717) is 11.6 Å². The highest BCUT2D eigenvalue weighted by Crippen LogP contribution is 2.31. The largest absolute Gasteiger partial charge is 0.322 e. The summed E-state index contributed by atoms with van der Waals surface area (Å²) in [6.45, 7) is 5.96. The number of halogens is 1. The van der Waals surface area contributed by atoms with Crippen molar-refractivity contribution < 1.29 is 9.18 Å². The lowest BCUT2D eigenvalue weighted by molar-refractivity contribution is 0.102. The molecular weight excluding hydrogens is 293 g/mol. The van der Waals surface area contributed by atoms with Gasteiger partial charge in [-0.25, -0.2) is 0 Å². The Balaban J connectivity index is 2.25. The molecule has 5 heteroatoms. The van der Waals surface area contributed by atoms with Crippen molar-refractivity contribution in [2.75, 3.05) is 5.32 Å². The first-order valence-electron chi connectivity index (χ1n) is 8.19. The van der Waals surface area contributed by atoms with Gasteiger partial charge in [0, 0.05) is 11.4 Å². The molecule has 124 valence electrons. The van der Waals surface area contributed by atoms with E-state index < -0.39 is 11.9 Å². The average molecular weight is 317 g/mol. The number of unbranched alkanes of at least 4 members (excludes halogenated alkanes) is 1. The molecule has 1 aromatic heterocycles. The van der Waals surface area contributed by atoms with Crippen LogP contribution in [0.25, 0.3) is 0 Å². The predicted octanol–water partition coefficient (Wildman–Crippen LogP) is 4.79. The second kappa shape index (κ2) is 7.90. The van der Waals surface area contributed by atoms with Crippen molar-refractivity contribution >= 4 is 11.6 Å². The molecule has 4 nitrogen and oxygen atoms in total. The predicted molar refractivity (Wildman–Crippen MR) is 90.2 cm³/mol. The first-order chi connectivity index (χ1) is 11.1. The van der Waals surface area contributed by atoms with Crippen LogP contribution in [0.2, 0.25) is 0 Å². The number of hydrogen-bond donors (Lipinski definition) is 2. The first-order valence-corrected chi connectivity index (χ1v) is 8.19. The van der Waals surface area contributed by atoms with Crippen molar-refractivity contribution in [1.82, 2.24) is 10.2 Å². The molecule has 2 rings (SSSR count). The number of carbonyl (C=O) groups is 1. The summed E-state index contributed by atoms with van der Waals surface area (Å²) in [6, 6.07) is 7.76. The lowest BCUT2D eigenvalue weighted by atomic mass is 9.90. The smallest absolute Gasteiger partial charge is 0.262 e. The van der Waals surface area contributed by atoms with Crippen molar-refractivity contribution in [1.29, 1.82) is 0 Å². The van der Waals surface area contributed by atoms with E-state index >= 15 is 0 Å². The van der Waals surface area contributed by atoms with E-state index in [0.717, 1.165) is 36.9 Å². The zero-order valence-electron chi connectivity index (χ0n) is 13.9. The Morgan fingerprint density at radius 2 is 2.09 bits per heavy atom. The van der Waals surface area contributed by atoms with Gasteiger partial charge in [-0.1, -0.05) is 44.9 Å². The number of H-pyrrole nitrogens is 1. The maximum Gasteiger partial charge on any atom is 0.262 e. The number of aromatic nitrogens is 2. The van der Waals surface area contributed by atoms with Gasteiger partial charge >= 0.3 is 0 Å². The number of rotatable bonds is 7. The van der Waals surface area contributed by atoms with Gasteiger partial charge in [-0.05, 0) is 37.3 Å². The molecular formula is C18H24FN3O. The molecule has 1 aromatic carbocycles. The van der Waals surface area contributed by atoms with E-state index in [2.05, 4.69) is 29.4 Å². The highest BCUT2D eigenvalue weighted by molar-refractivity contribution is 6.05. The van der Waals surface area contributed by atoms with Gasteiger partial charge in [-0.15, -0.1) is 5.10 Å². The minimum absolute atomic E-state index is 0.0265. The zero-order valence-corrected chi connectivity index (χ0v) is 13.9. The van der Waals surface area contributed by atoms with Gasteiger partial charge in [0.2, 0.25) is 5.95 Å². The molecule has 1 atom stereocenters. The van der Waals surface area contributed by atoms with Gasteiger partial charge in [-0.2, -0.15) is 4.39 Å². The summed E-state index contributed by atoms with van der Waals surface area (Å²) < 4.78 is 13.7. The molecule has 0 aliphatic carbocycles. The Morgan fingerprint density at radius 3 is 2.70 bits per heavy atom. The number of anilines is 1. The third-order valence-corrected chi connectivity index (χ3v) is 4.18. The number of amides is 1. The van der Waals surface area contributed by atoms with E-state index in [9.17, 15) is 9.18 Å². The lowest BCUT2D eigenvalue weighted by Crippen LogP contribution is -2.16. The molecule has 0 radical (unpaired) electrons. The van der Waals surface area contributed by atoms with Crippen molar-refractivity contribution in [3.8, 4) is 0 Å². The Labute approximate surface area is 136 Å². The summed E-state index contributed by atoms with van der Waals surface area (Å²) in [5.41, 5.74) is 2.26. The molecule has 2 aromatic rings. The van der Waals surface area contributed by atoms with Crippen LogP contribution in [-0.2, 0) is 0 Å². The fourth-order valence-corrected chi connectivity index (χ4v) is 2.85. The third kappa shape index (κ3) is 3.97. The van der Waals surface area contributed by atoms with Crippen LogP contribution in [0.15, 0.2) is 24.3 Å². The van der Waals surface area contributed by atoms with Crippen LogP contribution >= 0.6 is 0 Å². The summed E-state index contributed by atoms with van der Waals surface area (Å²) >= 11 is 0. The molecule has 1 heterocycles. The number of benzene rings is 1. The van der Waals surface area contributed by atoms with Gasteiger partial charge in [0.05, 0.1) is 0 Å². The number of nitrogens with zero attached hydrogens (tertiary/aromatic N) is 1. The Hall–Kier alpha value is -2.17.